The second kappa shape index (κ2) is 5.97. The van der Waals surface area contributed by atoms with Crippen molar-refractivity contribution in [3.8, 4) is 6.07 Å². The van der Waals surface area contributed by atoms with E-state index in [9.17, 15) is 18.5 Å². The lowest BCUT2D eigenvalue weighted by Crippen LogP contribution is -2.37. The monoisotopic (exact) mass is 329 g/mol. The second-order valence-corrected chi connectivity index (χ2v) is 6.86. The lowest BCUT2D eigenvalue weighted by molar-refractivity contribution is -0.385. The van der Waals surface area contributed by atoms with E-state index in [-0.39, 0.29) is 15.6 Å². The summed E-state index contributed by atoms with van der Waals surface area (Å²) in [5, 5.41) is 19.6. The maximum atomic E-state index is 12.3. The Labute approximate surface area is 126 Å². The number of hydrogen-bond acceptors (Lipinski definition) is 5. The topological polar surface area (TPSA) is 113 Å². The molecule has 1 fully saturated rings. The molecular formula is C12H12ClN3O4S. The minimum absolute atomic E-state index is 0.0976. The number of nitrogens with one attached hydrogen (secondary N) is 1. The third-order valence-electron chi connectivity index (χ3n) is 3.40. The normalized spacial score (nSPS) is 21.9. The maximum Gasteiger partial charge on any atom is 0.270 e. The van der Waals surface area contributed by atoms with Gasteiger partial charge in [0.1, 0.15) is 4.90 Å². The van der Waals surface area contributed by atoms with Crippen molar-refractivity contribution in [2.45, 2.75) is 30.2 Å². The summed E-state index contributed by atoms with van der Waals surface area (Å²) in [6.45, 7) is 0. The zero-order valence-corrected chi connectivity index (χ0v) is 12.4. The molecule has 2 unspecified atom stereocenters. The van der Waals surface area contributed by atoms with Crippen molar-refractivity contribution in [2.24, 2.45) is 5.92 Å². The molecule has 0 spiro atoms. The maximum absolute atomic E-state index is 12.3. The molecule has 0 radical (unpaired) electrons. The van der Waals surface area contributed by atoms with Crippen molar-refractivity contribution in [3.05, 3.63) is 33.3 Å². The Morgan fingerprint density at radius 1 is 1.43 bits per heavy atom. The van der Waals surface area contributed by atoms with Gasteiger partial charge in [0.15, 0.2) is 0 Å². The first-order valence-corrected chi connectivity index (χ1v) is 8.07. The smallest absolute Gasteiger partial charge is 0.258 e. The van der Waals surface area contributed by atoms with Crippen LogP contribution in [0.2, 0.25) is 5.02 Å². The van der Waals surface area contributed by atoms with E-state index in [0.717, 1.165) is 18.6 Å². The molecule has 21 heavy (non-hydrogen) atoms. The number of nitro groups is 1. The van der Waals surface area contributed by atoms with E-state index in [2.05, 4.69) is 10.8 Å². The van der Waals surface area contributed by atoms with Gasteiger partial charge in [0.2, 0.25) is 10.0 Å². The van der Waals surface area contributed by atoms with Crippen LogP contribution < -0.4 is 4.72 Å². The van der Waals surface area contributed by atoms with E-state index in [1.54, 1.807) is 0 Å². The minimum Gasteiger partial charge on any atom is -0.258 e. The van der Waals surface area contributed by atoms with E-state index in [1.807, 2.05) is 0 Å². The van der Waals surface area contributed by atoms with Crippen molar-refractivity contribution in [3.63, 3.8) is 0 Å². The fraction of sp³-hybridized carbons (Fsp3) is 0.417. The predicted octanol–water partition coefficient (Wildman–Crippen LogP) is 2.22. The highest BCUT2D eigenvalue weighted by Crippen LogP contribution is 2.29. The van der Waals surface area contributed by atoms with Gasteiger partial charge in [0, 0.05) is 18.2 Å². The van der Waals surface area contributed by atoms with Crippen LogP contribution in [0.4, 0.5) is 5.69 Å². The Kier molecular flexibility index (Phi) is 4.46. The van der Waals surface area contributed by atoms with Gasteiger partial charge < -0.3 is 0 Å². The first-order chi connectivity index (χ1) is 9.85. The van der Waals surface area contributed by atoms with Crippen molar-refractivity contribution in [2.75, 3.05) is 0 Å². The molecule has 2 rings (SSSR count). The number of nitro benzene ring substituents is 1. The van der Waals surface area contributed by atoms with E-state index in [1.165, 1.54) is 6.07 Å². The SMILES string of the molecule is N#CC1CCCC1NS(=O)(=O)c1cc([N+](=O)[O-])ccc1Cl. The molecule has 1 aliphatic rings. The number of rotatable bonds is 4. The number of benzene rings is 1. The first-order valence-electron chi connectivity index (χ1n) is 6.21. The van der Waals surface area contributed by atoms with Gasteiger partial charge in [-0.05, 0) is 18.9 Å². The molecule has 2 atom stereocenters. The van der Waals surface area contributed by atoms with Crippen molar-refractivity contribution in [1.82, 2.24) is 4.72 Å². The third-order valence-corrected chi connectivity index (χ3v) is 5.37. The molecule has 112 valence electrons. The molecule has 1 N–H and O–H groups in total. The molecule has 1 aromatic carbocycles. The van der Waals surface area contributed by atoms with Crippen molar-refractivity contribution < 1.29 is 13.3 Å². The molecule has 1 aromatic rings. The Balaban J connectivity index is 2.34. The lowest BCUT2D eigenvalue weighted by atomic mass is 10.1. The summed E-state index contributed by atoms with van der Waals surface area (Å²) in [6.07, 6.45) is 1.95. The zero-order chi connectivity index (χ0) is 15.6. The number of hydrogen-bond donors (Lipinski definition) is 1. The van der Waals surface area contributed by atoms with Gasteiger partial charge in [-0.2, -0.15) is 5.26 Å². The Morgan fingerprint density at radius 3 is 2.76 bits per heavy atom. The summed E-state index contributed by atoms with van der Waals surface area (Å²) in [6, 6.07) is 4.80. The summed E-state index contributed by atoms with van der Waals surface area (Å²) in [7, 11) is -4.01. The van der Waals surface area contributed by atoms with Crippen LogP contribution in [0.5, 0.6) is 0 Å². The van der Waals surface area contributed by atoms with Crippen LogP contribution in [-0.4, -0.2) is 19.4 Å². The molecule has 0 aromatic heterocycles. The standard InChI is InChI=1S/C12H12ClN3O4S/c13-10-5-4-9(16(17)18)6-12(10)21(19,20)15-11-3-1-2-8(11)7-14/h4-6,8,11,15H,1-3H2. The summed E-state index contributed by atoms with van der Waals surface area (Å²) >= 11 is 5.83. The van der Waals surface area contributed by atoms with E-state index in [4.69, 9.17) is 16.9 Å². The van der Waals surface area contributed by atoms with Crippen molar-refractivity contribution >= 4 is 27.3 Å². The van der Waals surface area contributed by atoms with Crippen LogP contribution in [0.15, 0.2) is 23.1 Å². The Hall–Kier alpha value is -1.69. The van der Waals surface area contributed by atoms with Crippen LogP contribution in [0.1, 0.15) is 19.3 Å². The number of nitriles is 1. The fourth-order valence-electron chi connectivity index (χ4n) is 2.33. The Bertz CT molecular complexity index is 714. The summed E-state index contributed by atoms with van der Waals surface area (Å²) in [5.74, 6) is -0.391. The quantitative estimate of drug-likeness (QED) is 0.672. The molecule has 0 aliphatic heterocycles. The van der Waals surface area contributed by atoms with Gasteiger partial charge >= 0.3 is 0 Å². The average Bonchev–Trinajstić information content (AvgIpc) is 2.85. The van der Waals surface area contributed by atoms with E-state index in [0.29, 0.717) is 12.8 Å². The average molecular weight is 330 g/mol. The van der Waals surface area contributed by atoms with Crippen LogP contribution in [-0.2, 0) is 10.0 Å². The van der Waals surface area contributed by atoms with Gasteiger partial charge in [0.25, 0.3) is 5.69 Å². The van der Waals surface area contributed by atoms with Gasteiger partial charge in [-0.1, -0.05) is 18.0 Å². The molecule has 0 heterocycles. The highest BCUT2D eigenvalue weighted by atomic mass is 35.5. The highest BCUT2D eigenvalue weighted by molar-refractivity contribution is 7.89. The second-order valence-electron chi connectivity index (χ2n) is 4.77. The van der Waals surface area contributed by atoms with Crippen molar-refractivity contribution in [1.29, 1.82) is 5.26 Å². The third kappa shape index (κ3) is 3.32. The van der Waals surface area contributed by atoms with Gasteiger partial charge in [-0.25, -0.2) is 13.1 Å². The van der Waals surface area contributed by atoms with Gasteiger partial charge in [0.05, 0.1) is 21.9 Å². The highest BCUT2D eigenvalue weighted by Gasteiger charge is 2.32. The Morgan fingerprint density at radius 2 is 2.14 bits per heavy atom. The largest absolute Gasteiger partial charge is 0.270 e. The zero-order valence-electron chi connectivity index (χ0n) is 10.8. The van der Waals surface area contributed by atoms with Crippen LogP contribution in [0.25, 0.3) is 0 Å². The molecule has 1 saturated carbocycles. The number of halogens is 1. The molecule has 0 bridgehead atoms. The fourth-order valence-corrected chi connectivity index (χ4v) is 4.16. The first kappa shape index (κ1) is 15.7. The summed E-state index contributed by atoms with van der Waals surface area (Å²) < 4.78 is 27.1. The molecule has 9 heteroatoms. The number of sulfonamides is 1. The van der Waals surface area contributed by atoms with Crippen LogP contribution in [0, 0.1) is 27.4 Å². The minimum atomic E-state index is -4.01. The summed E-state index contributed by atoms with van der Waals surface area (Å²) in [5.41, 5.74) is -0.358. The lowest BCUT2D eigenvalue weighted by Gasteiger charge is -2.16. The number of non-ortho nitro benzene ring substituents is 1. The van der Waals surface area contributed by atoms with E-state index < -0.39 is 26.9 Å². The molecular weight excluding hydrogens is 318 g/mol. The molecule has 0 amide bonds. The molecule has 7 nitrogen and oxygen atoms in total. The van der Waals surface area contributed by atoms with Gasteiger partial charge in [-0.3, -0.25) is 10.1 Å². The van der Waals surface area contributed by atoms with Gasteiger partial charge in [-0.15, -0.1) is 0 Å². The summed E-state index contributed by atoms with van der Waals surface area (Å²) in [4.78, 5) is 9.70. The number of nitrogens with zero attached hydrogens (tertiary/aromatic N) is 2. The van der Waals surface area contributed by atoms with E-state index >= 15 is 0 Å². The predicted molar refractivity (Wildman–Crippen MR) is 75.2 cm³/mol. The molecule has 0 saturated heterocycles. The molecule has 1 aliphatic carbocycles. The van der Waals surface area contributed by atoms with Crippen LogP contribution >= 0.6 is 11.6 Å². The van der Waals surface area contributed by atoms with Crippen LogP contribution in [0.3, 0.4) is 0 Å².